The average Bonchev–Trinajstić information content (AvgIpc) is 3.12. The van der Waals surface area contributed by atoms with Crippen molar-refractivity contribution in [3.05, 3.63) is 35.4 Å². The first-order chi connectivity index (χ1) is 8.56. The molecule has 0 saturated heterocycles. The number of rotatable bonds is 6. The molecule has 0 radical (unpaired) electrons. The Kier molecular flexibility index (Phi) is 4.02. The van der Waals surface area contributed by atoms with Gasteiger partial charge in [-0.3, -0.25) is 0 Å². The Hall–Kier alpha value is -1.35. The van der Waals surface area contributed by atoms with Crippen LogP contribution in [0.15, 0.2) is 24.3 Å². The molecule has 1 aliphatic carbocycles. The zero-order valence-electron chi connectivity index (χ0n) is 11.1. The predicted octanol–water partition coefficient (Wildman–Crippen LogP) is 0.107. The minimum Gasteiger partial charge on any atom is -0.544 e. The summed E-state index contributed by atoms with van der Waals surface area (Å²) in [6.45, 7) is 5.26. The smallest absolute Gasteiger partial charge is 0.118 e. The van der Waals surface area contributed by atoms with Crippen LogP contribution in [-0.2, 0) is 11.3 Å². The van der Waals surface area contributed by atoms with Crippen molar-refractivity contribution in [3.8, 4) is 0 Å². The van der Waals surface area contributed by atoms with Crippen molar-refractivity contribution < 1.29 is 14.8 Å². The molecule has 98 valence electrons. The number of carbonyl (C=O) groups excluding carboxylic acids is 1. The first-order valence-electron chi connectivity index (χ1n) is 6.69. The second-order valence-electron chi connectivity index (χ2n) is 5.55. The number of quaternary nitrogens is 1. The van der Waals surface area contributed by atoms with E-state index in [-0.39, 0.29) is 6.54 Å². The van der Waals surface area contributed by atoms with Crippen LogP contribution in [0.2, 0.25) is 0 Å². The summed E-state index contributed by atoms with van der Waals surface area (Å²) in [6.07, 6.45) is 2.29. The Balaban J connectivity index is 1.99. The van der Waals surface area contributed by atoms with Crippen LogP contribution < -0.4 is 10.0 Å². The van der Waals surface area contributed by atoms with Crippen LogP contribution >= 0.6 is 0 Å². The maximum atomic E-state index is 10.7. The number of nitrogens with one attached hydrogen (secondary N) is 1. The summed E-state index contributed by atoms with van der Waals surface area (Å²) in [5, 5.41) is 10.7. The van der Waals surface area contributed by atoms with E-state index in [2.05, 4.69) is 38.1 Å². The molecular weight excluding hydrogens is 226 g/mol. The summed E-state index contributed by atoms with van der Waals surface area (Å²) >= 11 is 0. The van der Waals surface area contributed by atoms with Crippen molar-refractivity contribution >= 4 is 5.97 Å². The standard InChI is InChI=1S/C15H21NO2/c1-11(2)13-5-3-12(4-6-13)9-16(10-15(17)18)14-7-8-14/h3-6,11,14H,7-10H2,1-2H3,(H,17,18). The molecule has 3 nitrogen and oxygen atoms in total. The summed E-state index contributed by atoms with van der Waals surface area (Å²) < 4.78 is 0. The van der Waals surface area contributed by atoms with Gasteiger partial charge in [0.25, 0.3) is 0 Å². The lowest BCUT2D eigenvalue weighted by molar-refractivity contribution is -0.919. The van der Waals surface area contributed by atoms with Gasteiger partial charge in [0, 0.05) is 18.4 Å². The second kappa shape index (κ2) is 5.53. The van der Waals surface area contributed by atoms with Crippen molar-refractivity contribution in [1.82, 2.24) is 0 Å². The Bertz CT molecular complexity index is 407. The van der Waals surface area contributed by atoms with Gasteiger partial charge in [0.15, 0.2) is 0 Å². The zero-order chi connectivity index (χ0) is 13.1. The number of hydrogen-bond acceptors (Lipinski definition) is 2. The highest BCUT2D eigenvalue weighted by Crippen LogP contribution is 2.17. The van der Waals surface area contributed by atoms with Gasteiger partial charge in [0.05, 0.1) is 12.0 Å². The van der Waals surface area contributed by atoms with Crippen LogP contribution in [0, 0.1) is 0 Å². The Morgan fingerprint density at radius 2 is 1.94 bits per heavy atom. The summed E-state index contributed by atoms with van der Waals surface area (Å²) in [5.41, 5.74) is 2.54. The van der Waals surface area contributed by atoms with E-state index in [1.807, 2.05) is 0 Å². The van der Waals surface area contributed by atoms with E-state index < -0.39 is 5.97 Å². The van der Waals surface area contributed by atoms with E-state index in [0.717, 1.165) is 24.3 Å². The van der Waals surface area contributed by atoms with Crippen molar-refractivity contribution in [2.75, 3.05) is 6.54 Å². The van der Waals surface area contributed by atoms with Crippen molar-refractivity contribution in [1.29, 1.82) is 0 Å². The zero-order valence-corrected chi connectivity index (χ0v) is 11.1. The van der Waals surface area contributed by atoms with E-state index in [4.69, 9.17) is 0 Å². The third-order valence-electron chi connectivity index (χ3n) is 3.60. The van der Waals surface area contributed by atoms with Crippen LogP contribution in [0.3, 0.4) is 0 Å². The molecule has 0 aromatic heterocycles. The third-order valence-corrected chi connectivity index (χ3v) is 3.60. The van der Waals surface area contributed by atoms with E-state index in [9.17, 15) is 9.90 Å². The van der Waals surface area contributed by atoms with Crippen molar-refractivity contribution in [2.24, 2.45) is 0 Å². The molecule has 1 aliphatic rings. The molecule has 1 saturated carbocycles. The highest BCUT2D eigenvalue weighted by Gasteiger charge is 2.33. The van der Waals surface area contributed by atoms with Gasteiger partial charge in [0.2, 0.25) is 0 Å². The molecule has 2 rings (SSSR count). The molecule has 0 bridgehead atoms. The molecule has 0 heterocycles. The molecule has 18 heavy (non-hydrogen) atoms. The van der Waals surface area contributed by atoms with Gasteiger partial charge >= 0.3 is 0 Å². The number of benzene rings is 1. The fourth-order valence-electron chi connectivity index (χ4n) is 2.31. The maximum absolute atomic E-state index is 10.7. The largest absolute Gasteiger partial charge is 0.544 e. The van der Waals surface area contributed by atoms with Gasteiger partial charge in [-0.1, -0.05) is 38.1 Å². The summed E-state index contributed by atoms with van der Waals surface area (Å²) in [4.78, 5) is 11.9. The summed E-state index contributed by atoms with van der Waals surface area (Å²) in [6, 6.07) is 9.04. The Morgan fingerprint density at radius 3 is 2.39 bits per heavy atom. The van der Waals surface area contributed by atoms with Crippen LogP contribution in [0.25, 0.3) is 0 Å². The lowest BCUT2D eigenvalue weighted by atomic mass is 10.0. The van der Waals surface area contributed by atoms with Gasteiger partial charge in [-0.25, -0.2) is 0 Å². The Labute approximate surface area is 108 Å². The molecule has 1 fully saturated rings. The molecular formula is C15H21NO2. The molecule has 3 heteroatoms. The molecule has 1 atom stereocenters. The quantitative estimate of drug-likeness (QED) is 0.775. The number of carboxylic acid groups (broad SMARTS) is 1. The molecule has 1 N–H and O–H groups in total. The van der Waals surface area contributed by atoms with E-state index >= 15 is 0 Å². The molecule has 1 aromatic carbocycles. The molecule has 1 aromatic rings. The lowest BCUT2D eigenvalue weighted by Crippen LogP contribution is -3.13. The topological polar surface area (TPSA) is 44.6 Å². The van der Waals surface area contributed by atoms with E-state index in [0.29, 0.717) is 12.0 Å². The number of carbonyl (C=O) groups is 1. The fourth-order valence-corrected chi connectivity index (χ4v) is 2.31. The molecule has 0 spiro atoms. The molecule has 1 unspecified atom stereocenters. The summed E-state index contributed by atoms with van der Waals surface area (Å²) in [7, 11) is 0. The van der Waals surface area contributed by atoms with Gasteiger partial charge in [-0.15, -0.1) is 0 Å². The van der Waals surface area contributed by atoms with E-state index in [1.54, 1.807) is 0 Å². The van der Waals surface area contributed by atoms with Crippen LogP contribution in [0.5, 0.6) is 0 Å². The molecule has 0 amide bonds. The fraction of sp³-hybridized carbons (Fsp3) is 0.533. The third kappa shape index (κ3) is 3.57. The highest BCUT2D eigenvalue weighted by molar-refractivity contribution is 5.65. The minimum atomic E-state index is -0.948. The van der Waals surface area contributed by atoms with Gasteiger partial charge < -0.3 is 14.8 Å². The van der Waals surface area contributed by atoms with Gasteiger partial charge in [-0.05, 0) is 11.5 Å². The van der Waals surface area contributed by atoms with E-state index in [1.165, 1.54) is 11.1 Å². The second-order valence-corrected chi connectivity index (χ2v) is 5.55. The van der Waals surface area contributed by atoms with Gasteiger partial charge in [0.1, 0.15) is 13.1 Å². The summed E-state index contributed by atoms with van der Waals surface area (Å²) in [5.74, 6) is -0.412. The maximum Gasteiger partial charge on any atom is 0.118 e. The van der Waals surface area contributed by atoms with Crippen molar-refractivity contribution in [2.45, 2.75) is 45.2 Å². The first kappa shape index (κ1) is 13.1. The van der Waals surface area contributed by atoms with Gasteiger partial charge in [-0.2, -0.15) is 0 Å². The highest BCUT2D eigenvalue weighted by atomic mass is 16.4. The van der Waals surface area contributed by atoms with Crippen molar-refractivity contribution in [3.63, 3.8) is 0 Å². The monoisotopic (exact) mass is 247 g/mol. The minimum absolute atomic E-state index is 0.122. The molecule has 0 aliphatic heterocycles. The number of carboxylic acids is 1. The number of hydrogen-bond donors (Lipinski definition) is 1. The number of aliphatic carboxylic acids is 1. The lowest BCUT2D eigenvalue weighted by Gasteiger charge is -2.20. The van der Waals surface area contributed by atoms with Crippen LogP contribution in [0.1, 0.15) is 43.7 Å². The average molecular weight is 247 g/mol. The first-order valence-corrected chi connectivity index (χ1v) is 6.69. The Morgan fingerprint density at radius 1 is 1.33 bits per heavy atom. The van der Waals surface area contributed by atoms with Crippen LogP contribution in [0.4, 0.5) is 0 Å². The van der Waals surface area contributed by atoms with Crippen LogP contribution in [-0.4, -0.2) is 18.6 Å². The normalized spacial score (nSPS) is 16.8. The SMILES string of the molecule is CC(C)c1ccc(C[NH+](CC(=O)[O-])C2CC2)cc1. The predicted molar refractivity (Wildman–Crippen MR) is 68.1 cm³/mol.